The summed E-state index contributed by atoms with van der Waals surface area (Å²) >= 11 is 0. The number of nitrogens with two attached hydrogens (primary N) is 1. The Labute approximate surface area is 185 Å². The molecule has 0 spiro atoms. The second-order valence-corrected chi connectivity index (χ2v) is 8.86. The Kier molecular flexibility index (Phi) is 6.60. The molecule has 1 atom stereocenters. The van der Waals surface area contributed by atoms with Crippen molar-refractivity contribution in [2.24, 2.45) is 5.14 Å². The standard InChI is InChI=1S/C21H26N4O6S/c1-11(8-13-6-7-15(29-3)17(9-13)32(22,27)28)23-21-24-14-10-16(30-4)19(31-5)12(2)18(14)20(26)25-21/h6-7,9-11H,8H2,1-5H3,(H2,22,27,28)(H2,23,24,25,26). The van der Waals surface area contributed by atoms with E-state index in [0.717, 1.165) is 5.56 Å². The molecule has 11 heteroatoms. The second kappa shape index (κ2) is 9.05. The van der Waals surface area contributed by atoms with E-state index in [4.69, 9.17) is 19.3 Å². The van der Waals surface area contributed by atoms with Crippen LogP contribution in [0.15, 0.2) is 34.0 Å². The third-order valence-electron chi connectivity index (χ3n) is 5.04. The molecule has 32 heavy (non-hydrogen) atoms. The van der Waals surface area contributed by atoms with Crippen LogP contribution in [0.3, 0.4) is 0 Å². The maximum absolute atomic E-state index is 12.7. The van der Waals surface area contributed by atoms with Gasteiger partial charge in [0.2, 0.25) is 16.0 Å². The molecule has 0 saturated heterocycles. The van der Waals surface area contributed by atoms with Crippen molar-refractivity contribution in [1.29, 1.82) is 0 Å². The van der Waals surface area contributed by atoms with Gasteiger partial charge in [-0.25, -0.2) is 18.5 Å². The normalized spacial score (nSPS) is 12.4. The average Bonchev–Trinajstić information content (AvgIpc) is 2.72. The van der Waals surface area contributed by atoms with Crippen LogP contribution in [-0.4, -0.2) is 45.8 Å². The summed E-state index contributed by atoms with van der Waals surface area (Å²) in [6.45, 7) is 3.65. The van der Waals surface area contributed by atoms with E-state index in [1.54, 1.807) is 25.1 Å². The number of methoxy groups -OCH3 is 3. The van der Waals surface area contributed by atoms with Crippen LogP contribution in [0.1, 0.15) is 18.1 Å². The summed E-state index contributed by atoms with van der Waals surface area (Å²) in [4.78, 5) is 19.9. The van der Waals surface area contributed by atoms with E-state index >= 15 is 0 Å². The molecule has 0 amide bonds. The quantitative estimate of drug-likeness (QED) is 0.460. The number of primary sulfonamides is 1. The first-order chi connectivity index (χ1) is 15.1. The van der Waals surface area contributed by atoms with Gasteiger partial charge in [0.25, 0.3) is 5.56 Å². The van der Waals surface area contributed by atoms with Gasteiger partial charge >= 0.3 is 0 Å². The van der Waals surface area contributed by atoms with Gasteiger partial charge in [-0.1, -0.05) is 6.07 Å². The number of hydrogen-bond donors (Lipinski definition) is 3. The van der Waals surface area contributed by atoms with Crippen molar-refractivity contribution in [1.82, 2.24) is 9.97 Å². The van der Waals surface area contributed by atoms with Crippen LogP contribution in [0, 0.1) is 6.92 Å². The molecular weight excluding hydrogens is 436 g/mol. The molecule has 0 bridgehead atoms. The maximum atomic E-state index is 12.7. The number of rotatable bonds is 8. The highest BCUT2D eigenvalue weighted by Gasteiger charge is 2.18. The number of benzene rings is 2. The zero-order chi connectivity index (χ0) is 23.6. The van der Waals surface area contributed by atoms with Crippen molar-refractivity contribution >= 4 is 26.9 Å². The monoisotopic (exact) mass is 462 g/mol. The zero-order valence-corrected chi connectivity index (χ0v) is 19.3. The van der Waals surface area contributed by atoms with Gasteiger partial charge in [0.15, 0.2) is 11.5 Å². The third kappa shape index (κ3) is 4.63. The molecular formula is C21H26N4O6S. The largest absolute Gasteiger partial charge is 0.495 e. The molecule has 10 nitrogen and oxygen atoms in total. The summed E-state index contributed by atoms with van der Waals surface area (Å²) in [7, 11) is 0.467. The number of hydrogen-bond acceptors (Lipinski definition) is 8. The highest BCUT2D eigenvalue weighted by atomic mass is 32.2. The first kappa shape index (κ1) is 23.4. The van der Waals surface area contributed by atoms with Gasteiger partial charge in [-0.15, -0.1) is 0 Å². The van der Waals surface area contributed by atoms with Gasteiger partial charge < -0.3 is 19.5 Å². The molecule has 0 radical (unpaired) electrons. The number of nitrogens with zero attached hydrogens (tertiary/aromatic N) is 1. The lowest BCUT2D eigenvalue weighted by atomic mass is 10.1. The summed E-state index contributed by atoms with van der Waals surface area (Å²) in [6, 6.07) is 6.24. The minimum atomic E-state index is -3.94. The summed E-state index contributed by atoms with van der Waals surface area (Å²) in [5.74, 6) is 1.41. The first-order valence-corrected chi connectivity index (χ1v) is 11.3. The smallest absolute Gasteiger partial charge is 0.260 e. The number of nitrogens with one attached hydrogen (secondary N) is 2. The van der Waals surface area contributed by atoms with Crippen LogP contribution in [0.2, 0.25) is 0 Å². The number of aryl methyl sites for hydroxylation is 1. The minimum absolute atomic E-state index is 0.0848. The van der Waals surface area contributed by atoms with E-state index in [0.29, 0.717) is 34.4 Å². The molecule has 2 aromatic carbocycles. The molecule has 3 aromatic rings. The van der Waals surface area contributed by atoms with Crippen molar-refractivity contribution in [2.45, 2.75) is 31.2 Å². The van der Waals surface area contributed by atoms with Crippen LogP contribution in [0.4, 0.5) is 5.95 Å². The summed E-state index contributed by atoms with van der Waals surface area (Å²) in [6.07, 6.45) is 0.444. The van der Waals surface area contributed by atoms with Gasteiger partial charge in [0, 0.05) is 17.7 Å². The molecule has 1 heterocycles. The summed E-state index contributed by atoms with van der Waals surface area (Å²) in [5.41, 5.74) is 1.49. The highest BCUT2D eigenvalue weighted by molar-refractivity contribution is 7.89. The molecule has 3 rings (SSSR count). The molecule has 0 saturated carbocycles. The number of sulfonamides is 1. The number of H-pyrrole nitrogens is 1. The lowest BCUT2D eigenvalue weighted by Gasteiger charge is -2.17. The van der Waals surface area contributed by atoms with Crippen LogP contribution >= 0.6 is 0 Å². The van der Waals surface area contributed by atoms with Crippen molar-refractivity contribution in [3.8, 4) is 17.2 Å². The van der Waals surface area contributed by atoms with E-state index < -0.39 is 10.0 Å². The number of aromatic amines is 1. The maximum Gasteiger partial charge on any atom is 0.260 e. The summed E-state index contributed by atoms with van der Waals surface area (Å²) < 4.78 is 39.5. The molecule has 4 N–H and O–H groups in total. The van der Waals surface area contributed by atoms with Crippen molar-refractivity contribution in [2.75, 3.05) is 26.6 Å². The van der Waals surface area contributed by atoms with Gasteiger partial charge in [0.05, 0.1) is 32.2 Å². The Morgan fingerprint density at radius 2 is 1.81 bits per heavy atom. The molecule has 1 unspecified atom stereocenters. The highest BCUT2D eigenvalue weighted by Crippen LogP contribution is 2.35. The van der Waals surface area contributed by atoms with Crippen LogP contribution in [0.25, 0.3) is 10.9 Å². The number of anilines is 1. The zero-order valence-electron chi connectivity index (χ0n) is 18.5. The van der Waals surface area contributed by atoms with E-state index in [1.807, 2.05) is 6.92 Å². The minimum Gasteiger partial charge on any atom is -0.495 e. The first-order valence-electron chi connectivity index (χ1n) is 9.70. The number of aromatic nitrogens is 2. The fourth-order valence-corrected chi connectivity index (χ4v) is 4.38. The SMILES string of the molecule is COc1ccc(CC(C)Nc2nc3cc(OC)c(OC)c(C)c3c(=O)[nH]2)cc1S(N)(=O)=O. The van der Waals surface area contributed by atoms with E-state index in [2.05, 4.69) is 15.3 Å². The molecule has 0 aliphatic heterocycles. The van der Waals surface area contributed by atoms with E-state index in [9.17, 15) is 13.2 Å². The lowest BCUT2D eigenvalue weighted by molar-refractivity contribution is 0.354. The molecule has 0 fully saturated rings. The van der Waals surface area contributed by atoms with E-state index in [1.165, 1.54) is 27.4 Å². The fourth-order valence-electron chi connectivity index (χ4n) is 3.63. The predicted octanol–water partition coefficient (Wildman–Crippen LogP) is 1.95. The van der Waals surface area contributed by atoms with Gasteiger partial charge in [-0.3, -0.25) is 9.78 Å². The Bertz CT molecular complexity index is 1320. The molecule has 172 valence electrons. The topological polar surface area (TPSA) is 146 Å². The second-order valence-electron chi connectivity index (χ2n) is 7.33. The average molecular weight is 463 g/mol. The van der Waals surface area contributed by atoms with E-state index in [-0.39, 0.29) is 28.2 Å². The molecule has 0 aliphatic carbocycles. The Balaban J connectivity index is 1.91. The van der Waals surface area contributed by atoms with Crippen molar-refractivity contribution in [3.63, 3.8) is 0 Å². The van der Waals surface area contributed by atoms with Gasteiger partial charge in [-0.2, -0.15) is 0 Å². The Hall–Kier alpha value is -3.31. The molecule has 0 aliphatic rings. The Morgan fingerprint density at radius 1 is 1.12 bits per heavy atom. The summed E-state index contributed by atoms with van der Waals surface area (Å²) in [5, 5.41) is 8.85. The van der Waals surface area contributed by atoms with Crippen LogP contribution in [0.5, 0.6) is 17.2 Å². The molecule has 1 aromatic heterocycles. The van der Waals surface area contributed by atoms with Crippen LogP contribution < -0.4 is 30.2 Å². The number of fused-ring (bicyclic) bond motifs is 1. The Morgan fingerprint density at radius 3 is 2.41 bits per heavy atom. The van der Waals surface area contributed by atoms with Crippen LogP contribution in [-0.2, 0) is 16.4 Å². The van der Waals surface area contributed by atoms with Gasteiger partial charge in [-0.05, 0) is 38.0 Å². The predicted molar refractivity (Wildman–Crippen MR) is 121 cm³/mol. The third-order valence-corrected chi connectivity index (χ3v) is 5.97. The van der Waals surface area contributed by atoms with Crippen molar-refractivity contribution in [3.05, 3.63) is 45.7 Å². The van der Waals surface area contributed by atoms with Gasteiger partial charge in [0.1, 0.15) is 10.6 Å². The lowest BCUT2D eigenvalue weighted by Crippen LogP contribution is -2.23. The fraction of sp³-hybridized carbons (Fsp3) is 0.333. The van der Waals surface area contributed by atoms with Crippen molar-refractivity contribution < 1.29 is 22.6 Å². The number of ether oxygens (including phenoxy) is 3.